The Hall–Kier alpha value is -5.86. The summed E-state index contributed by atoms with van der Waals surface area (Å²) in [6, 6.07) is 16.7. The van der Waals surface area contributed by atoms with Crippen molar-refractivity contribution >= 4 is 39.0 Å². The molecular formula is C34H36F7N5O8S. The molecule has 0 amide bonds. The average molecular weight is 808 g/mol. The van der Waals surface area contributed by atoms with Crippen molar-refractivity contribution in [2.24, 2.45) is 5.73 Å². The molecule has 0 aliphatic carbocycles. The summed E-state index contributed by atoms with van der Waals surface area (Å²) in [6.07, 6.45) is -8.87. The maximum atomic E-state index is 16.0. The normalized spacial score (nSPS) is 11.4. The van der Waals surface area contributed by atoms with E-state index in [4.69, 9.17) is 40.4 Å². The van der Waals surface area contributed by atoms with E-state index in [1.54, 1.807) is 72.6 Å². The molecule has 0 bridgehead atoms. The van der Waals surface area contributed by atoms with Gasteiger partial charge in [0, 0.05) is 28.9 Å². The van der Waals surface area contributed by atoms with Crippen molar-refractivity contribution in [3.8, 4) is 22.8 Å². The Labute approximate surface area is 309 Å². The standard InChI is InChI=1S/C30H34FN5O4S.2C2HF3O2/c1-5-39-22-15-25(29(31)26(16-22)40-19(3)4)36(21-13-11-20(12-14-21)30(32)33)18-28-34-17-24(35-28)23-9-7-8-10-27(23)41(37,38)6-2;2*3-2(4,5)1(6)7/h7-17,19H,5-6,18H2,1-4H3,(H3,32,33)(H,34,35);2*(H,6,7). The number of nitrogen functional groups attached to an aromatic ring is 1. The fourth-order valence-electron chi connectivity index (χ4n) is 4.33. The summed E-state index contributed by atoms with van der Waals surface area (Å²) in [5, 5.41) is 22.0. The second-order valence-electron chi connectivity index (χ2n) is 11.1. The number of aliphatic carboxylic acids is 2. The van der Waals surface area contributed by atoms with Gasteiger partial charge in [-0.3, -0.25) is 5.41 Å². The molecule has 3 aromatic carbocycles. The first-order valence-electron chi connectivity index (χ1n) is 15.7. The number of nitrogens with one attached hydrogen (secondary N) is 2. The number of rotatable bonds is 12. The summed E-state index contributed by atoms with van der Waals surface area (Å²) >= 11 is 0. The molecule has 0 saturated heterocycles. The number of anilines is 2. The second-order valence-corrected chi connectivity index (χ2v) is 13.4. The van der Waals surface area contributed by atoms with E-state index in [1.165, 1.54) is 6.07 Å². The van der Waals surface area contributed by atoms with E-state index in [0.717, 1.165) is 0 Å². The molecule has 21 heteroatoms. The van der Waals surface area contributed by atoms with Crippen molar-refractivity contribution in [2.75, 3.05) is 17.3 Å². The van der Waals surface area contributed by atoms with Gasteiger partial charge in [-0.25, -0.2) is 27.4 Å². The van der Waals surface area contributed by atoms with Crippen LogP contribution in [0.3, 0.4) is 0 Å². The number of hydrogen-bond acceptors (Lipinski definition) is 9. The largest absolute Gasteiger partial charge is 0.494 e. The first-order chi connectivity index (χ1) is 25.4. The summed E-state index contributed by atoms with van der Waals surface area (Å²) in [5.74, 6) is -5.27. The number of benzene rings is 3. The molecule has 0 atom stereocenters. The molecule has 55 heavy (non-hydrogen) atoms. The minimum atomic E-state index is -5.08. The number of H-pyrrole nitrogens is 1. The van der Waals surface area contributed by atoms with Crippen LogP contribution < -0.4 is 20.1 Å². The molecule has 0 radical (unpaired) electrons. The van der Waals surface area contributed by atoms with Crippen LogP contribution in [0.25, 0.3) is 11.3 Å². The fourth-order valence-corrected chi connectivity index (χ4v) is 5.44. The van der Waals surface area contributed by atoms with Gasteiger partial charge in [0.25, 0.3) is 0 Å². The molecular weight excluding hydrogens is 771 g/mol. The third-order valence-electron chi connectivity index (χ3n) is 6.76. The third-order valence-corrected chi connectivity index (χ3v) is 8.55. The van der Waals surface area contributed by atoms with Crippen molar-refractivity contribution in [3.63, 3.8) is 0 Å². The van der Waals surface area contributed by atoms with Crippen LogP contribution in [-0.2, 0) is 26.0 Å². The minimum absolute atomic E-state index is 0.0364. The highest BCUT2D eigenvalue weighted by molar-refractivity contribution is 7.91. The highest BCUT2D eigenvalue weighted by Gasteiger charge is 2.39. The molecule has 13 nitrogen and oxygen atoms in total. The van der Waals surface area contributed by atoms with Crippen LogP contribution in [0.5, 0.6) is 11.5 Å². The van der Waals surface area contributed by atoms with Crippen molar-refractivity contribution < 1.29 is 68.4 Å². The number of ether oxygens (including phenoxy) is 2. The lowest BCUT2D eigenvalue weighted by Crippen LogP contribution is -2.21. The van der Waals surface area contributed by atoms with Crippen LogP contribution in [0.4, 0.5) is 42.1 Å². The van der Waals surface area contributed by atoms with E-state index in [0.29, 0.717) is 40.7 Å². The molecule has 0 aliphatic rings. The molecule has 0 spiro atoms. The molecule has 0 saturated carbocycles. The summed E-state index contributed by atoms with van der Waals surface area (Å²) in [7, 11) is -3.48. The molecule has 1 heterocycles. The number of carbonyl (C=O) groups is 2. The van der Waals surface area contributed by atoms with E-state index in [2.05, 4.69) is 9.97 Å². The predicted molar refractivity (Wildman–Crippen MR) is 186 cm³/mol. The topological polar surface area (TPSA) is 209 Å². The van der Waals surface area contributed by atoms with Gasteiger partial charge in [0.1, 0.15) is 17.4 Å². The van der Waals surface area contributed by atoms with E-state index < -0.39 is 39.9 Å². The number of nitrogens with two attached hydrogens (primary N) is 1. The van der Waals surface area contributed by atoms with E-state index >= 15 is 4.39 Å². The van der Waals surface area contributed by atoms with Crippen LogP contribution in [0.1, 0.15) is 39.1 Å². The molecule has 0 aliphatic heterocycles. The molecule has 4 aromatic rings. The number of aromatic amines is 1. The predicted octanol–water partition coefficient (Wildman–Crippen LogP) is 7.08. The van der Waals surface area contributed by atoms with Crippen LogP contribution in [0, 0.1) is 11.2 Å². The fraction of sp³-hybridized carbons (Fsp3) is 0.294. The number of amidine groups is 1. The summed E-state index contributed by atoms with van der Waals surface area (Å²) in [4.78, 5) is 27.4. The van der Waals surface area contributed by atoms with Crippen molar-refractivity contribution in [1.82, 2.24) is 9.97 Å². The third kappa shape index (κ3) is 13.2. The van der Waals surface area contributed by atoms with Gasteiger partial charge in [0.2, 0.25) is 0 Å². The number of alkyl halides is 6. The molecule has 0 fully saturated rings. The maximum Gasteiger partial charge on any atom is 0.490 e. The van der Waals surface area contributed by atoms with E-state index in [-0.39, 0.29) is 40.6 Å². The Morgan fingerprint density at radius 3 is 1.98 bits per heavy atom. The molecule has 300 valence electrons. The van der Waals surface area contributed by atoms with Crippen molar-refractivity contribution in [2.45, 2.75) is 57.6 Å². The zero-order valence-corrected chi connectivity index (χ0v) is 30.2. The van der Waals surface area contributed by atoms with Crippen LogP contribution >= 0.6 is 0 Å². The lowest BCUT2D eigenvalue weighted by molar-refractivity contribution is -0.193. The summed E-state index contributed by atoms with van der Waals surface area (Å²) < 4.78 is 116. The first kappa shape index (κ1) is 45.3. The van der Waals surface area contributed by atoms with Crippen molar-refractivity contribution in [1.29, 1.82) is 5.41 Å². The number of carboxylic acids is 2. The number of halogens is 7. The maximum absolute atomic E-state index is 16.0. The van der Waals surface area contributed by atoms with Gasteiger partial charge in [-0.05, 0) is 51.1 Å². The number of sulfone groups is 1. The molecule has 4 rings (SSSR count). The highest BCUT2D eigenvalue weighted by Crippen LogP contribution is 2.38. The zero-order chi connectivity index (χ0) is 41.9. The summed E-state index contributed by atoms with van der Waals surface area (Å²) in [6.45, 7) is 7.53. The first-order valence-corrected chi connectivity index (χ1v) is 17.4. The zero-order valence-electron chi connectivity index (χ0n) is 29.4. The van der Waals surface area contributed by atoms with Gasteiger partial charge in [-0.1, -0.05) is 25.1 Å². The highest BCUT2D eigenvalue weighted by atomic mass is 32.2. The van der Waals surface area contributed by atoms with Crippen molar-refractivity contribution in [3.05, 3.63) is 84.1 Å². The van der Waals surface area contributed by atoms with Gasteiger partial charge in [0.05, 0.1) is 47.5 Å². The van der Waals surface area contributed by atoms with Crippen LogP contribution in [-0.4, -0.2) is 77.2 Å². The molecule has 1 aromatic heterocycles. The van der Waals surface area contributed by atoms with Gasteiger partial charge in [-0.15, -0.1) is 0 Å². The lowest BCUT2D eigenvalue weighted by atomic mass is 10.1. The van der Waals surface area contributed by atoms with Gasteiger partial charge in [0.15, 0.2) is 21.4 Å². The number of carboxylic acid groups (broad SMARTS) is 2. The number of nitrogens with zero attached hydrogens (tertiary/aromatic N) is 2. The Bertz CT molecular complexity index is 2030. The lowest BCUT2D eigenvalue weighted by Gasteiger charge is -2.26. The van der Waals surface area contributed by atoms with Crippen LogP contribution in [0.2, 0.25) is 0 Å². The smallest absolute Gasteiger partial charge is 0.490 e. The quantitative estimate of drug-likeness (QED) is 0.0555. The summed E-state index contributed by atoms with van der Waals surface area (Å²) in [5.41, 5.74) is 7.98. The average Bonchev–Trinajstić information content (AvgIpc) is 3.57. The number of hydrogen-bond donors (Lipinski definition) is 5. The Morgan fingerprint density at radius 2 is 1.51 bits per heavy atom. The number of imidazole rings is 1. The molecule has 0 unspecified atom stereocenters. The number of aromatic nitrogens is 2. The Balaban J connectivity index is 0.000000633. The van der Waals surface area contributed by atoms with Crippen LogP contribution in [0.15, 0.2) is 71.8 Å². The van der Waals surface area contributed by atoms with Gasteiger partial charge >= 0.3 is 24.3 Å². The minimum Gasteiger partial charge on any atom is -0.494 e. The molecule has 6 N–H and O–H groups in total. The van der Waals surface area contributed by atoms with E-state index in [9.17, 15) is 34.8 Å². The Kier molecular flexibility index (Phi) is 15.6. The second kappa shape index (κ2) is 18.9. The Morgan fingerprint density at radius 1 is 0.964 bits per heavy atom. The van der Waals surface area contributed by atoms with Gasteiger partial charge in [-0.2, -0.15) is 26.3 Å². The monoisotopic (exact) mass is 807 g/mol. The SMILES string of the molecule is CCOc1cc(OC(C)C)c(F)c(N(Cc2ncc(-c3ccccc3S(=O)(=O)CC)[nH]2)c2ccc(C(=N)N)cc2)c1.O=C(O)C(F)(F)F.O=C(O)C(F)(F)F. The van der Waals surface area contributed by atoms with E-state index in [1.807, 2.05) is 20.8 Å². The van der Waals surface area contributed by atoms with Gasteiger partial charge < -0.3 is 35.3 Å².